The normalized spacial score (nSPS) is 14.5. The minimum atomic E-state index is -0.154. The van der Waals surface area contributed by atoms with E-state index in [9.17, 15) is 10.1 Å². The summed E-state index contributed by atoms with van der Waals surface area (Å²) in [5.41, 5.74) is 2.92. The van der Waals surface area contributed by atoms with Crippen LogP contribution in [0.4, 0.5) is 5.69 Å². The molecular formula is C25H17IN2O3S2. The SMILES string of the molecule is COc1cc(/C=C2/SC(=S)N(c3ccccc3)C2=O)cc(I)c1OCc1ccccc1C#N. The van der Waals surface area contributed by atoms with Gasteiger partial charge in [-0.15, -0.1) is 0 Å². The molecule has 0 spiro atoms. The molecule has 0 radical (unpaired) electrons. The van der Waals surface area contributed by atoms with Gasteiger partial charge in [0.25, 0.3) is 5.91 Å². The number of carbonyl (C=O) groups is 1. The Morgan fingerprint density at radius 3 is 2.61 bits per heavy atom. The second-order valence-electron chi connectivity index (χ2n) is 6.94. The van der Waals surface area contributed by atoms with E-state index in [1.165, 1.54) is 16.7 Å². The van der Waals surface area contributed by atoms with E-state index in [2.05, 4.69) is 28.7 Å². The van der Waals surface area contributed by atoms with E-state index in [-0.39, 0.29) is 12.5 Å². The Kier molecular flexibility index (Phi) is 7.33. The third kappa shape index (κ3) is 5.05. The molecule has 3 aromatic carbocycles. The van der Waals surface area contributed by atoms with Crippen molar-refractivity contribution in [3.05, 3.63) is 91.9 Å². The molecule has 0 aliphatic carbocycles. The highest BCUT2D eigenvalue weighted by atomic mass is 127. The van der Waals surface area contributed by atoms with Crippen molar-refractivity contribution in [2.45, 2.75) is 6.61 Å². The number of rotatable bonds is 6. The molecule has 0 saturated carbocycles. The Morgan fingerprint density at radius 1 is 1.15 bits per heavy atom. The zero-order valence-corrected chi connectivity index (χ0v) is 21.2. The topological polar surface area (TPSA) is 62.6 Å². The minimum absolute atomic E-state index is 0.154. The number of hydrogen-bond acceptors (Lipinski definition) is 6. The first kappa shape index (κ1) is 23.3. The first-order chi connectivity index (χ1) is 16.0. The van der Waals surface area contributed by atoms with Crippen LogP contribution in [0.25, 0.3) is 6.08 Å². The van der Waals surface area contributed by atoms with E-state index in [1.807, 2.05) is 66.7 Å². The number of nitriles is 1. The van der Waals surface area contributed by atoms with Crippen molar-refractivity contribution in [1.29, 1.82) is 5.26 Å². The Hall–Kier alpha value is -2.87. The summed E-state index contributed by atoms with van der Waals surface area (Å²) in [5.74, 6) is 0.972. The molecule has 1 aliphatic rings. The van der Waals surface area contributed by atoms with Crippen molar-refractivity contribution in [2.75, 3.05) is 12.0 Å². The fourth-order valence-corrected chi connectivity index (χ4v) is 5.37. The predicted octanol–water partition coefficient (Wildman–Crippen LogP) is 6.16. The summed E-state index contributed by atoms with van der Waals surface area (Å²) in [7, 11) is 1.57. The van der Waals surface area contributed by atoms with Crippen LogP contribution in [0.1, 0.15) is 16.7 Å². The second kappa shape index (κ2) is 10.4. The molecule has 1 fully saturated rings. The van der Waals surface area contributed by atoms with Gasteiger partial charge in [0.2, 0.25) is 0 Å². The molecule has 0 aromatic heterocycles. The number of hydrogen-bond donors (Lipinski definition) is 0. The van der Waals surface area contributed by atoms with Crippen LogP contribution < -0.4 is 14.4 Å². The summed E-state index contributed by atoms with van der Waals surface area (Å²) in [5, 5.41) is 9.29. The van der Waals surface area contributed by atoms with Gasteiger partial charge in [-0.3, -0.25) is 9.69 Å². The van der Waals surface area contributed by atoms with Gasteiger partial charge in [0.15, 0.2) is 15.8 Å². The minimum Gasteiger partial charge on any atom is -0.493 e. The number of halogens is 1. The largest absolute Gasteiger partial charge is 0.493 e. The van der Waals surface area contributed by atoms with Crippen molar-refractivity contribution in [1.82, 2.24) is 0 Å². The average Bonchev–Trinajstić information content (AvgIpc) is 3.11. The van der Waals surface area contributed by atoms with Gasteiger partial charge < -0.3 is 9.47 Å². The number of carbonyl (C=O) groups excluding carboxylic acids is 1. The molecule has 33 heavy (non-hydrogen) atoms. The molecule has 1 aliphatic heterocycles. The average molecular weight is 584 g/mol. The molecule has 1 saturated heterocycles. The van der Waals surface area contributed by atoms with Gasteiger partial charge in [0, 0.05) is 5.56 Å². The van der Waals surface area contributed by atoms with E-state index in [4.69, 9.17) is 21.7 Å². The van der Waals surface area contributed by atoms with E-state index in [0.717, 1.165) is 20.4 Å². The van der Waals surface area contributed by atoms with Gasteiger partial charge in [-0.1, -0.05) is 60.4 Å². The number of amides is 1. The van der Waals surface area contributed by atoms with Gasteiger partial charge in [0.05, 0.1) is 32.9 Å². The summed E-state index contributed by atoms with van der Waals surface area (Å²) in [6, 6.07) is 22.6. The number of anilines is 1. The molecule has 3 aromatic rings. The fourth-order valence-electron chi connectivity index (χ4n) is 3.29. The van der Waals surface area contributed by atoms with Gasteiger partial charge in [-0.05, 0) is 64.6 Å². The van der Waals surface area contributed by atoms with Crippen LogP contribution in [0.15, 0.2) is 71.6 Å². The Balaban J connectivity index is 1.59. The number of para-hydroxylation sites is 1. The van der Waals surface area contributed by atoms with E-state index in [0.29, 0.717) is 26.3 Å². The second-order valence-corrected chi connectivity index (χ2v) is 9.78. The highest BCUT2D eigenvalue weighted by molar-refractivity contribution is 14.1. The summed E-state index contributed by atoms with van der Waals surface area (Å²) in [6.07, 6.45) is 1.81. The van der Waals surface area contributed by atoms with Gasteiger partial charge in [-0.25, -0.2) is 0 Å². The van der Waals surface area contributed by atoms with Crippen molar-refractivity contribution in [3.8, 4) is 17.6 Å². The lowest BCUT2D eigenvalue weighted by molar-refractivity contribution is -0.113. The van der Waals surface area contributed by atoms with Crippen LogP contribution in [0.5, 0.6) is 11.5 Å². The maximum absolute atomic E-state index is 13.0. The maximum atomic E-state index is 13.0. The van der Waals surface area contributed by atoms with E-state index < -0.39 is 0 Å². The summed E-state index contributed by atoms with van der Waals surface area (Å²) >= 11 is 8.90. The quantitative estimate of drug-likeness (QED) is 0.197. The van der Waals surface area contributed by atoms with Crippen molar-refractivity contribution >= 4 is 68.6 Å². The summed E-state index contributed by atoms with van der Waals surface area (Å²) < 4.78 is 12.9. The molecule has 4 rings (SSSR count). The van der Waals surface area contributed by atoms with Gasteiger partial charge >= 0.3 is 0 Å². The number of benzene rings is 3. The van der Waals surface area contributed by atoms with Gasteiger partial charge in [-0.2, -0.15) is 5.26 Å². The Bertz CT molecular complexity index is 1300. The number of thiocarbonyl (C=S) groups is 1. The molecule has 8 heteroatoms. The molecule has 1 amide bonds. The van der Waals surface area contributed by atoms with Crippen LogP contribution in [0.3, 0.4) is 0 Å². The third-order valence-corrected chi connectivity index (χ3v) is 6.97. The molecule has 5 nitrogen and oxygen atoms in total. The van der Waals surface area contributed by atoms with Crippen LogP contribution in [-0.2, 0) is 11.4 Å². The van der Waals surface area contributed by atoms with Crippen molar-refractivity contribution in [2.24, 2.45) is 0 Å². The Labute approximate surface area is 215 Å². The monoisotopic (exact) mass is 584 g/mol. The molecule has 0 bridgehead atoms. The van der Waals surface area contributed by atoms with E-state index >= 15 is 0 Å². The molecule has 164 valence electrons. The van der Waals surface area contributed by atoms with Crippen molar-refractivity contribution < 1.29 is 14.3 Å². The molecular weight excluding hydrogens is 567 g/mol. The first-order valence-corrected chi connectivity index (χ1v) is 12.1. The lowest BCUT2D eigenvalue weighted by Gasteiger charge is -2.15. The number of nitrogens with zero attached hydrogens (tertiary/aromatic N) is 2. The van der Waals surface area contributed by atoms with Crippen LogP contribution in [0.2, 0.25) is 0 Å². The van der Waals surface area contributed by atoms with Crippen molar-refractivity contribution in [3.63, 3.8) is 0 Å². The lowest BCUT2D eigenvalue weighted by atomic mass is 10.1. The number of ether oxygens (including phenoxy) is 2. The van der Waals surface area contributed by atoms with Gasteiger partial charge in [0.1, 0.15) is 6.61 Å². The molecule has 1 heterocycles. The highest BCUT2D eigenvalue weighted by Crippen LogP contribution is 2.39. The lowest BCUT2D eigenvalue weighted by Crippen LogP contribution is -2.27. The third-order valence-electron chi connectivity index (χ3n) is 4.87. The predicted molar refractivity (Wildman–Crippen MR) is 143 cm³/mol. The summed E-state index contributed by atoms with van der Waals surface area (Å²) in [6.45, 7) is 0.241. The smallest absolute Gasteiger partial charge is 0.270 e. The molecule has 0 atom stereocenters. The number of thioether (sulfide) groups is 1. The number of methoxy groups -OCH3 is 1. The zero-order valence-electron chi connectivity index (χ0n) is 17.4. The Morgan fingerprint density at radius 2 is 1.88 bits per heavy atom. The maximum Gasteiger partial charge on any atom is 0.270 e. The zero-order chi connectivity index (χ0) is 23.4. The van der Waals surface area contributed by atoms with Crippen LogP contribution in [-0.4, -0.2) is 17.3 Å². The fraction of sp³-hybridized carbons (Fsp3) is 0.0800. The molecule has 0 unspecified atom stereocenters. The highest BCUT2D eigenvalue weighted by Gasteiger charge is 2.33. The van der Waals surface area contributed by atoms with E-state index in [1.54, 1.807) is 13.2 Å². The molecule has 0 N–H and O–H groups in total. The van der Waals surface area contributed by atoms with Crippen LogP contribution >= 0.6 is 46.6 Å². The summed E-state index contributed by atoms with van der Waals surface area (Å²) in [4.78, 5) is 15.1. The first-order valence-electron chi connectivity index (χ1n) is 9.83. The standard InChI is InChI=1S/C25H17IN2O3S2/c1-30-21-12-16(11-20(26)23(21)31-15-18-8-6-5-7-17(18)14-27)13-22-24(29)28(25(32)33-22)19-9-3-2-4-10-19/h2-13H,15H2,1H3/b22-13+. The van der Waals surface area contributed by atoms with Crippen LogP contribution in [0, 0.1) is 14.9 Å².